The predicted octanol–water partition coefficient (Wildman–Crippen LogP) is 3.36. The molecule has 0 atom stereocenters. The van der Waals surface area contributed by atoms with Gasteiger partial charge in [-0.3, -0.25) is 0 Å². The van der Waals surface area contributed by atoms with Crippen molar-refractivity contribution in [3.63, 3.8) is 0 Å². The van der Waals surface area contributed by atoms with Crippen LogP contribution in [0.1, 0.15) is 6.42 Å². The van der Waals surface area contributed by atoms with Crippen molar-refractivity contribution < 1.29 is 22.1 Å². The first kappa shape index (κ1) is 17.4. The molecule has 27 heavy (non-hydrogen) atoms. The Bertz CT molecular complexity index is 1220. The monoisotopic (exact) mass is 383 g/mol. The van der Waals surface area contributed by atoms with E-state index in [0.717, 1.165) is 10.9 Å². The highest BCUT2D eigenvalue weighted by Gasteiger charge is 2.11. The van der Waals surface area contributed by atoms with Gasteiger partial charge in [0.25, 0.3) is 0 Å². The number of aromatic nitrogens is 2. The highest BCUT2D eigenvalue weighted by Crippen LogP contribution is 2.27. The summed E-state index contributed by atoms with van der Waals surface area (Å²) in [5.41, 5.74) is 2.69. The number of oxazole rings is 1. The summed E-state index contributed by atoms with van der Waals surface area (Å²) in [7, 11) is -4.22. The van der Waals surface area contributed by atoms with Gasteiger partial charge >= 0.3 is 0 Å². The van der Waals surface area contributed by atoms with Gasteiger partial charge in [-0.15, -0.1) is 0 Å². The number of hydrogen-bond acceptors (Lipinski definition) is 7. The van der Waals surface area contributed by atoms with Crippen molar-refractivity contribution in [1.29, 1.82) is 0 Å². The van der Waals surface area contributed by atoms with Gasteiger partial charge in [-0.25, -0.2) is 18.4 Å². The maximum absolute atomic E-state index is 10.6. The zero-order chi connectivity index (χ0) is 18.9. The molecule has 2 heterocycles. The van der Waals surface area contributed by atoms with E-state index >= 15 is 0 Å². The number of ether oxygens (including phenoxy) is 1. The van der Waals surface area contributed by atoms with Gasteiger partial charge in [-0.05, 0) is 30.7 Å². The quantitative estimate of drug-likeness (QED) is 0.371. The summed E-state index contributed by atoms with van der Waals surface area (Å²) < 4.78 is 43.1. The second-order valence-electron chi connectivity index (χ2n) is 6.00. The minimum absolute atomic E-state index is 0.125. The lowest BCUT2D eigenvalue weighted by Crippen LogP contribution is -2.08. The lowest BCUT2D eigenvalue weighted by Gasteiger charge is -2.08. The van der Waals surface area contributed by atoms with Crippen LogP contribution in [-0.4, -0.2) is 35.3 Å². The third kappa shape index (κ3) is 4.07. The molecule has 0 saturated heterocycles. The fourth-order valence-corrected chi connectivity index (χ4v) is 3.19. The summed E-state index contributed by atoms with van der Waals surface area (Å²) in [4.78, 5) is 9.03. The minimum atomic E-state index is -4.22. The predicted molar refractivity (Wildman–Crippen MR) is 99.4 cm³/mol. The van der Waals surface area contributed by atoms with Crippen LogP contribution in [0.5, 0.6) is 5.75 Å². The Hall–Kier alpha value is -2.97. The van der Waals surface area contributed by atoms with E-state index in [4.69, 9.17) is 9.15 Å². The van der Waals surface area contributed by atoms with E-state index in [1.54, 1.807) is 18.2 Å². The van der Waals surface area contributed by atoms with E-state index < -0.39 is 15.9 Å². The Kier molecular flexibility index (Phi) is 4.51. The third-order valence-corrected chi connectivity index (χ3v) is 4.77. The highest BCUT2D eigenvalue weighted by atomic mass is 32.2. The van der Waals surface area contributed by atoms with Gasteiger partial charge in [0.15, 0.2) is 5.58 Å². The number of nitrogens with zero attached hydrogens (tertiary/aromatic N) is 2. The van der Waals surface area contributed by atoms with Crippen LogP contribution >= 0.6 is 0 Å². The van der Waals surface area contributed by atoms with Crippen LogP contribution < -0.4 is 4.74 Å². The first-order valence-electron chi connectivity index (χ1n) is 8.31. The fraction of sp³-hybridized carbons (Fsp3) is 0.158. The Morgan fingerprint density at radius 1 is 1.00 bits per heavy atom. The maximum Gasteiger partial charge on any atom is 0.246 e. The van der Waals surface area contributed by atoms with Crippen LogP contribution in [0, 0.1) is 0 Å². The molecule has 8 heteroatoms. The molecule has 0 fully saturated rings. The number of rotatable bonds is 6. The Labute approximate surface area is 155 Å². The molecule has 0 spiro atoms. The molecule has 2 aromatic carbocycles. The SMILES string of the molecule is O=S(=O)([O-])CCCOc1ccc2nc(-c3ccc4ccccc4n3)oc2c1. The molecule has 7 nitrogen and oxygen atoms in total. The minimum Gasteiger partial charge on any atom is -0.748 e. The van der Waals surface area contributed by atoms with Crippen molar-refractivity contribution in [2.75, 3.05) is 12.4 Å². The average molecular weight is 383 g/mol. The second-order valence-corrected chi connectivity index (χ2v) is 7.53. The van der Waals surface area contributed by atoms with Crippen LogP contribution in [0.25, 0.3) is 33.6 Å². The summed E-state index contributed by atoms with van der Waals surface area (Å²) >= 11 is 0. The second kappa shape index (κ2) is 6.98. The van der Waals surface area contributed by atoms with E-state index in [1.165, 1.54) is 0 Å². The molecule has 0 aliphatic carbocycles. The lowest BCUT2D eigenvalue weighted by atomic mass is 10.2. The summed E-state index contributed by atoms with van der Waals surface area (Å²) in [6.45, 7) is 0.125. The molecule has 0 unspecified atom stereocenters. The topological polar surface area (TPSA) is 105 Å². The van der Waals surface area contributed by atoms with Gasteiger partial charge in [-0.2, -0.15) is 0 Å². The van der Waals surface area contributed by atoms with Crippen LogP contribution in [-0.2, 0) is 10.1 Å². The summed E-state index contributed by atoms with van der Waals surface area (Å²) in [5.74, 6) is 0.473. The van der Waals surface area contributed by atoms with Crippen LogP contribution in [0.4, 0.5) is 0 Å². The largest absolute Gasteiger partial charge is 0.748 e. The first-order valence-corrected chi connectivity index (χ1v) is 9.89. The maximum atomic E-state index is 10.6. The molecule has 0 saturated carbocycles. The van der Waals surface area contributed by atoms with E-state index in [2.05, 4.69) is 9.97 Å². The Balaban J connectivity index is 1.55. The van der Waals surface area contributed by atoms with Crippen LogP contribution in [0.15, 0.2) is 59.0 Å². The summed E-state index contributed by atoms with van der Waals surface area (Å²) in [5, 5.41) is 1.04. The van der Waals surface area contributed by atoms with Crippen molar-refractivity contribution in [3.8, 4) is 17.3 Å². The summed E-state index contributed by atoms with van der Waals surface area (Å²) in [6, 6.07) is 16.8. The van der Waals surface area contributed by atoms with Gasteiger partial charge in [-0.1, -0.05) is 24.3 Å². The van der Waals surface area contributed by atoms with Gasteiger partial charge < -0.3 is 13.7 Å². The van der Waals surface area contributed by atoms with Gasteiger partial charge in [0.05, 0.1) is 22.2 Å². The van der Waals surface area contributed by atoms with Crippen LogP contribution in [0.3, 0.4) is 0 Å². The number of para-hydroxylation sites is 1. The lowest BCUT2D eigenvalue weighted by molar-refractivity contribution is 0.315. The zero-order valence-corrected chi connectivity index (χ0v) is 15.0. The van der Waals surface area contributed by atoms with E-state index in [9.17, 15) is 13.0 Å². The number of benzene rings is 2. The van der Waals surface area contributed by atoms with E-state index in [1.807, 2.05) is 36.4 Å². The molecular weight excluding hydrogens is 368 g/mol. The van der Waals surface area contributed by atoms with Crippen molar-refractivity contribution in [3.05, 3.63) is 54.6 Å². The molecule has 0 amide bonds. The van der Waals surface area contributed by atoms with Crippen molar-refractivity contribution in [1.82, 2.24) is 9.97 Å². The van der Waals surface area contributed by atoms with E-state index in [0.29, 0.717) is 28.4 Å². The van der Waals surface area contributed by atoms with Crippen molar-refractivity contribution >= 4 is 32.1 Å². The smallest absolute Gasteiger partial charge is 0.246 e. The molecule has 0 bridgehead atoms. The standard InChI is InChI=1S/C19H16N2O5S/c22-27(23,24)11-3-10-25-14-7-9-16-18(12-14)26-19(21-16)17-8-6-13-4-1-2-5-15(13)20-17/h1-2,4-9,12H,3,10-11H2,(H,22,23,24)/p-1. The molecule has 0 N–H and O–H groups in total. The molecule has 2 aromatic heterocycles. The number of pyridine rings is 1. The third-order valence-electron chi connectivity index (χ3n) is 3.98. The molecule has 0 aliphatic heterocycles. The average Bonchev–Trinajstić information content (AvgIpc) is 3.07. The molecule has 138 valence electrons. The normalized spacial score (nSPS) is 11.9. The van der Waals surface area contributed by atoms with Crippen molar-refractivity contribution in [2.45, 2.75) is 6.42 Å². The van der Waals surface area contributed by atoms with E-state index in [-0.39, 0.29) is 13.0 Å². The van der Waals surface area contributed by atoms with Gasteiger partial charge in [0.2, 0.25) is 5.89 Å². The summed E-state index contributed by atoms with van der Waals surface area (Å²) in [6.07, 6.45) is 0.131. The zero-order valence-electron chi connectivity index (χ0n) is 14.2. The highest BCUT2D eigenvalue weighted by molar-refractivity contribution is 7.85. The molecule has 0 radical (unpaired) electrons. The molecule has 4 rings (SSSR count). The van der Waals surface area contributed by atoms with Gasteiger partial charge in [0.1, 0.15) is 17.0 Å². The number of fused-ring (bicyclic) bond motifs is 2. The Morgan fingerprint density at radius 2 is 1.85 bits per heavy atom. The first-order chi connectivity index (χ1) is 13.0. The fourth-order valence-electron chi connectivity index (χ4n) is 2.72. The van der Waals surface area contributed by atoms with Gasteiger partial charge in [0, 0.05) is 17.2 Å². The molecule has 0 aliphatic rings. The molecular formula is C19H15N2O5S-. The van der Waals surface area contributed by atoms with Crippen molar-refractivity contribution in [2.24, 2.45) is 0 Å². The molecule has 4 aromatic rings. The number of hydrogen-bond donors (Lipinski definition) is 0. The van der Waals surface area contributed by atoms with Crippen LogP contribution in [0.2, 0.25) is 0 Å². The Morgan fingerprint density at radius 3 is 2.70 bits per heavy atom.